The Kier molecular flexibility index (Phi) is 3.83. The van der Waals surface area contributed by atoms with Gasteiger partial charge in [-0.1, -0.05) is 6.07 Å². The molecule has 0 aromatic heterocycles. The van der Waals surface area contributed by atoms with Crippen LogP contribution in [-0.4, -0.2) is 33.0 Å². The molecule has 0 atom stereocenters. The van der Waals surface area contributed by atoms with Crippen molar-refractivity contribution in [1.82, 2.24) is 9.62 Å². The van der Waals surface area contributed by atoms with Crippen molar-refractivity contribution in [3.63, 3.8) is 0 Å². The van der Waals surface area contributed by atoms with Crippen LogP contribution in [0.1, 0.15) is 11.1 Å². The molecule has 0 bridgehead atoms. The maximum atomic E-state index is 11.1. The number of benzene rings is 1. The van der Waals surface area contributed by atoms with Crippen LogP contribution in [0.15, 0.2) is 18.2 Å². The van der Waals surface area contributed by atoms with Crippen LogP contribution in [0.2, 0.25) is 0 Å². The number of thiol groups is 1. The summed E-state index contributed by atoms with van der Waals surface area (Å²) < 4.78 is 27.1. The summed E-state index contributed by atoms with van der Waals surface area (Å²) in [6, 6.07) is 5.33. The number of fused-ring (bicyclic) bond motifs is 1. The van der Waals surface area contributed by atoms with Gasteiger partial charge < -0.3 is 9.64 Å². The van der Waals surface area contributed by atoms with Gasteiger partial charge in [0.2, 0.25) is 10.9 Å². The normalized spacial score (nSPS) is 15.2. The molecular formula is C11H14N2O4S. The first-order valence-electron chi connectivity index (χ1n) is 5.48. The van der Waals surface area contributed by atoms with E-state index in [-0.39, 0.29) is 0 Å². The van der Waals surface area contributed by atoms with Crippen molar-refractivity contribution < 1.29 is 17.9 Å². The van der Waals surface area contributed by atoms with Crippen molar-refractivity contribution in [2.45, 2.75) is 13.0 Å². The summed E-state index contributed by atoms with van der Waals surface area (Å²) in [4.78, 5) is 13.3. The van der Waals surface area contributed by atoms with Gasteiger partial charge in [0, 0.05) is 13.1 Å². The van der Waals surface area contributed by atoms with Crippen LogP contribution in [-0.2, 0) is 23.9 Å². The molecule has 0 fully saturated rings. The predicted molar refractivity (Wildman–Crippen MR) is 66.0 cm³/mol. The number of rotatable bonds is 2. The lowest BCUT2D eigenvalue weighted by molar-refractivity contribution is 0.207. The predicted octanol–water partition coefficient (Wildman–Crippen LogP) is 0.289. The van der Waals surface area contributed by atoms with Gasteiger partial charge in [0.25, 0.3) is 0 Å². The van der Waals surface area contributed by atoms with Gasteiger partial charge in [0.1, 0.15) is 5.75 Å². The number of nitrogens with zero attached hydrogens (tertiary/aromatic N) is 1. The van der Waals surface area contributed by atoms with Crippen LogP contribution in [0, 0.1) is 0 Å². The SMILES string of the molecule is CN1CCc2cc(OC(=O)N[SH](=O)=O)ccc2C1. The monoisotopic (exact) mass is 270 g/mol. The number of nitrogens with one attached hydrogen (secondary N) is 1. The Balaban J connectivity index is 2.09. The van der Waals surface area contributed by atoms with Crippen LogP contribution in [0.5, 0.6) is 5.75 Å². The Morgan fingerprint density at radius 3 is 2.89 bits per heavy atom. The number of carbonyl (C=O) groups excluding carboxylic acids is 1. The Bertz CT molecular complexity index is 534. The minimum Gasteiger partial charge on any atom is -0.410 e. The lowest BCUT2D eigenvalue weighted by Crippen LogP contribution is -2.27. The Labute approximate surface area is 107 Å². The highest BCUT2D eigenvalue weighted by molar-refractivity contribution is 7.70. The van der Waals surface area contributed by atoms with Gasteiger partial charge in [-0.15, -0.1) is 0 Å². The maximum Gasteiger partial charge on any atom is 0.426 e. The van der Waals surface area contributed by atoms with E-state index in [1.807, 2.05) is 13.1 Å². The molecule has 6 nitrogen and oxygen atoms in total. The maximum absolute atomic E-state index is 11.1. The number of hydrogen-bond acceptors (Lipinski definition) is 5. The Morgan fingerprint density at radius 1 is 1.39 bits per heavy atom. The lowest BCUT2D eigenvalue weighted by atomic mass is 10.00. The molecular weight excluding hydrogens is 256 g/mol. The van der Waals surface area contributed by atoms with Gasteiger partial charge in [-0.3, -0.25) is 0 Å². The van der Waals surface area contributed by atoms with Crippen molar-refractivity contribution in [2.75, 3.05) is 13.6 Å². The Hall–Kier alpha value is -1.60. The van der Waals surface area contributed by atoms with Gasteiger partial charge in [0.15, 0.2) is 0 Å². The highest BCUT2D eigenvalue weighted by Gasteiger charge is 2.14. The van der Waals surface area contributed by atoms with E-state index in [1.165, 1.54) is 5.56 Å². The first kappa shape index (κ1) is 12.8. The van der Waals surface area contributed by atoms with E-state index >= 15 is 0 Å². The quantitative estimate of drug-likeness (QED) is 0.755. The smallest absolute Gasteiger partial charge is 0.410 e. The molecule has 1 aromatic rings. The van der Waals surface area contributed by atoms with E-state index in [1.54, 1.807) is 16.9 Å². The van der Waals surface area contributed by atoms with Crippen molar-refractivity contribution in [3.8, 4) is 5.75 Å². The molecule has 0 aliphatic carbocycles. The first-order chi connectivity index (χ1) is 8.54. The average Bonchev–Trinajstić information content (AvgIpc) is 2.28. The van der Waals surface area contributed by atoms with Gasteiger partial charge in [0.05, 0.1) is 0 Å². The first-order valence-corrected chi connectivity index (χ1v) is 6.65. The molecule has 7 heteroatoms. The molecule has 0 spiro atoms. The zero-order chi connectivity index (χ0) is 13.1. The highest BCUT2D eigenvalue weighted by Crippen LogP contribution is 2.23. The van der Waals surface area contributed by atoms with E-state index in [9.17, 15) is 13.2 Å². The van der Waals surface area contributed by atoms with Gasteiger partial charge in [-0.25, -0.2) is 17.9 Å². The molecule has 0 saturated carbocycles. The van der Waals surface area contributed by atoms with Crippen LogP contribution in [0.25, 0.3) is 0 Å². The third kappa shape index (κ3) is 3.21. The van der Waals surface area contributed by atoms with Crippen LogP contribution in [0.4, 0.5) is 4.79 Å². The minimum absolute atomic E-state index is 0.354. The molecule has 0 saturated heterocycles. The molecule has 0 radical (unpaired) electrons. The third-order valence-electron chi connectivity index (χ3n) is 2.77. The summed E-state index contributed by atoms with van der Waals surface area (Å²) in [5.74, 6) is 0.354. The number of amides is 1. The summed E-state index contributed by atoms with van der Waals surface area (Å²) in [5.41, 5.74) is 2.33. The fraction of sp³-hybridized carbons (Fsp3) is 0.364. The van der Waals surface area contributed by atoms with E-state index < -0.39 is 17.0 Å². The Morgan fingerprint density at radius 2 is 2.17 bits per heavy atom. The van der Waals surface area contributed by atoms with E-state index in [0.717, 1.165) is 25.1 Å². The van der Waals surface area contributed by atoms with E-state index in [2.05, 4.69) is 4.90 Å². The third-order valence-corrected chi connectivity index (χ3v) is 3.14. The minimum atomic E-state index is -2.98. The number of hydrogen-bond donors (Lipinski definition) is 2. The second kappa shape index (κ2) is 5.36. The zero-order valence-corrected chi connectivity index (χ0v) is 10.8. The number of ether oxygens (including phenoxy) is 1. The zero-order valence-electron chi connectivity index (χ0n) is 9.88. The van der Waals surface area contributed by atoms with Gasteiger partial charge >= 0.3 is 6.09 Å². The van der Waals surface area contributed by atoms with Gasteiger partial charge in [-0.2, -0.15) is 0 Å². The van der Waals surface area contributed by atoms with Crippen molar-refractivity contribution in [1.29, 1.82) is 0 Å². The fourth-order valence-electron chi connectivity index (χ4n) is 1.94. The summed E-state index contributed by atoms with van der Waals surface area (Å²) in [7, 11) is -0.935. The fourth-order valence-corrected chi connectivity index (χ4v) is 2.13. The molecule has 0 unspecified atom stereocenters. The van der Waals surface area contributed by atoms with Gasteiger partial charge in [-0.05, 0) is 36.7 Å². The topological polar surface area (TPSA) is 75.7 Å². The molecule has 1 amide bonds. The summed E-state index contributed by atoms with van der Waals surface area (Å²) in [6.45, 7) is 1.82. The number of likely N-dealkylation sites (N-methyl/N-ethyl adjacent to an activating group) is 1. The second-order valence-electron chi connectivity index (χ2n) is 4.18. The summed E-state index contributed by atoms with van der Waals surface area (Å²) >= 11 is 0. The van der Waals surface area contributed by atoms with E-state index in [4.69, 9.17) is 4.74 Å². The molecule has 98 valence electrons. The van der Waals surface area contributed by atoms with Crippen molar-refractivity contribution >= 4 is 17.0 Å². The molecule has 1 heterocycles. The highest BCUT2D eigenvalue weighted by atomic mass is 32.2. The molecule has 1 aliphatic heterocycles. The van der Waals surface area contributed by atoms with Crippen LogP contribution < -0.4 is 9.46 Å². The standard InChI is InChI=1S/C11H14N2O4S/c1-13-5-4-8-6-10(3-2-9(8)7-13)17-11(14)12-18(15)16/h2-3,6,18H,4-5,7H2,1H3,(H,12,14,15,16). The molecule has 2 rings (SSSR count). The summed E-state index contributed by atoms with van der Waals surface area (Å²) in [5, 5.41) is 0. The molecule has 1 aliphatic rings. The molecule has 1 aromatic carbocycles. The van der Waals surface area contributed by atoms with Crippen LogP contribution >= 0.6 is 0 Å². The van der Waals surface area contributed by atoms with Crippen molar-refractivity contribution in [2.24, 2.45) is 0 Å². The summed E-state index contributed by atoms with van der Waals surface area (Å²) in [6.07, 6.45) is -0.0977. The molecule has 1 N–H and O–H groups in total. The average molecular weight is 270 g/mol. The lowest BCUT2D eigenvalue weighted by Gasteiger charge is -2.25. The van der Waals surface area contributed by atoms with E-state index in [0.29, 0.717) is 5.75 Å². The van der Waals surface area contributed by atoms with Crippen LogP contribution in [0.3, 0.4) is 0 Å². The number of carbonyl (C=O) groups is 1. The van der Waals surface area contributed by atoms with Crippen molar-refractivity contribution in [3.05, 3.63) is 29.3 Å². The second-order valence-corrected chi connectivity index (χ2v) is 4.91. The molecule has 18 heavy (non-hydrogen) atoms. The largest absolute Gasteiger partial charge is 0.426 e.